The van der Waals surface area contributed by atoms with Gasteiger partial charge in [0.2, 0.25) is 5.91 Å². The second-order valence-corrected chi connectivity index (χ2v) is 11.6. The van der Waals surface area contributed by atoms with Crippen molar-refractivity contribution in [1.29, 1.82) is 0 Å². The van der Waals surface area contributed by atoms with Crippen LogP contribution in [0.5, 0.6) is 0 Å². The molecular formula is C25H35N5O4S. The van der Waals surface area contributed by atoms with Crippen LogP contribution in [0.3, 0.4) is 0 Å². The maximum Gasteiger partial charge on any atom is 0.310 e. The standard InChI is InChI=1S/C25H35N5O4S/c1-25(2,34-24(33)17-11-20(26-13-17)23(32)30-9-10-35-15-30)14-29-8-7-16(12-21(29)31)22-27-18-5-3-4-6-19(18)28-22/h3-6,16-17,20-21,26,31H,7-15H2,1-2H3,(H,27,28)/t16?,17-,20?,21-/m0/s1. The number of piperidine rings is 1. The SMILES string of the molecule is CC(C)(CN1CCC(c2nc3ccccc3[nH]2)C[C@@H]1O)OC(=O)[C@@H]1CNC(C(=O)N2CCSC2)C1. The number of hydrogen-bond acceptors (Lipinski definition) is 8. The highest BCUT2D eigenvalue weighted by Crippen LogP contribution is 2.32. The number of amides is 1. The topological polar surface area (TPSA) is 111 Å². The average Bonchev–Trinajstić information content (AvgIpc) is 3.59. The number of hydrogen-bond donors (Lipinski definition) is 3. The number of aliphatic hydroxyl groups is 1. The molecule has 1 amide bonds. The molecule has 0 bridgehead atoms. The minimum atomic E-state index is -0.752. The molecule has 5 rings (SSSR count). The number of benzene rings is 1. The van der Waals surface area contributed by atoms with E-state index in [1.165, 1.54) is 0 Å². The number of esters is 1. The smallest absolute Gasteiger partial charge is 0.310 e. The van der Waals surface area contributed by atoms with Crippen LogP contribution in [0.4, 0.5) is 0 Å². The molecule has 3 saturated heterocycles. The molecular weight excluding hydrogens is 466 g/mol. The Balaban J connectivity index is 1.12. The van der Waals surface area contributed by atoms with E-state index in [2.05, 4.69) is 10.3 Å². The third-order valence-electron chi connectivity index (χ3n) is 7.26. The van der Waals surface area contributed by atoms with Gasteiger partial charge < -0.3 is 25.0 Å². The van der Waals surface area contributed by atoms with Gasteiger partial charge in [0.05, 0.1) is 28.9 Å². The summed E-state index contributed by atoms with van der Waals surface area (Å²) in [5.74, 6) is 2.25. The molecule has 3 aliphatic rings. The number of para-hydroxylation sites is 2. The van der Waals surface area contributed by atoms with Gasteiger partial charge in [0.1, 0.15) is 17.7 Å². The Morgan fingerprint density at radius 3 is 2.83 bits per heavy atom. The van der Waals surface area contributed by atoms with Crippen molar-refractivity contribution in [3.8, 4) is 0 Å². The van der Waals surface area contributed by atoms with Crippen molar-refractivity contribution in [3.63, 3.8) is 0 Å². The summed E-state index contributed by atoms with van der Waals surface area (Å²) in [5.41, 5.74) is 1.20. The molecule has 190 valence electrons. The van der Waals surface area contributed by atoms with Gasteiger partial charge in [0, 0.05) is 37.8 Å². The van der Waals surface area contributed by atoms with Gasteiger partial charge in [-0.3, -0.25) is 14.5 Å². The van der Waals surface area contributed by atoms with E-state index in [0.717, 1.165) is 41.5 Å². The first-order valence-electron chi connectivity index (χ1n) is 12.5. The van der Waals surface area contributed by atoms with E-state index in [0.29, 0.717) is 32.5 Å². The van der Waals surface area contributed by atoms with Crippen LogP contribution < -0.4 is 5.32 Å². The van der Waals surface area contributed by atoms with Gasteiger partial charge in [-0.1, -0.05) is 12.1 Å². The number of aromatic amines is 1. The summed E-state index contributed by atoms with van der Waals surface area (Å²) in [6.07, 6.45) is 1.29. The third-order valence-corrected chi connectivity index (χ3v) is 8.23. The molecule has 4 heterocycles. The van der Waals surface area contributed by atoms with Crippen molar-refractivity contribution < 1.29 is 19.4 Å². The highest BCUT2D eigenvalue weighted by molar-refractivity contribution is 7.99. The highest BCUT2D eigenvalue weighted by atomic mass is 32.2. The summed E-state index contributed by atoms with van der Waals surface area (Å²) in [4.78, 5) is 37.5. The summed E-state index contributed by atoms with van der Waals surface area (Å²) in [6, 6.07) is 7.64. The third kappa shape index (κ3) is 5.50. The van der Waals surface area contributed by atoms with Gasteiger partial charge in [0.25, 0.3) is 0 Å². The van der Waals surface area contributed by atoms with Crippen LogP contribution in [0.1, 0.15) is 44.9 Å². The molecule has 0 aliphatic carbocycles. The summed E-state index contributed by atoms with van der Waals surface area (Å²) in [5, 5.41) is 14.1. The van der Waals surface area contributed by atoms with Crippen LogP contribution in [0.15, 0.2) is 24.3 Å². The minimum absolute atomic E-state index is 0.0833. The van der Waals surface area contributed by atoms with Gasteiger partial charge >= 0.3 is 5.97 Å². The fourth-order valence-corrected chi connectivity index (χ4v) is 6.33. The molecule has 2 aromatic rings. The Hall–Kier alpha value is -2.14. The molecule has 0 saturated carbocycles. The Morgan fingerprint density at radius 2 is 2.09 bits per heavy atom. The lowest BCUT2D eigenvalue weighted by Crippen LogP contribution is -2.50. The molecule has 0 radical (unpaired) electrons. The molecule has 3 fully saturated rings. The van der Waals surface area contributed by atoms with Gasteiger partial charge in [-0.05, 0) is 45.2 Å². The molecule has 1 aromatic carbocycles. The van der Waals surface area contributed by atoms with Crippen molar-refractivity contribution in [2.24, 2.45) is 5.92 Å². The summed E-state index contributed by atoms with van der Waals surface area (Å²) in [6.45, 7) is 6.14. The number of nitrogens with one attached hydrogen (secondary N) is 2. The van der Waals surface area contributed by atoms with Gasteiger partial charge in [0.15, 0.2) is 0 Å². The zero-order valence-corrected chi connectivity index (χ0v) is 21.2. The second kappa shape index (κ2) is 10.1. The maximum absolute atomic E-state index is 12.9. The molecule has 10 heteroatoms. The highest BCUT2D eigenvalue weighted by Gasteiger charge is 2.40. The Bertz CT molecular complexity index is 1040. The lowest BCUT2D eigenvalue weighted by Gasteiger charge is -2.40. The second-order valence-electron chi connectivity index (χ2n) is 10.5. The number of fused-ring (bicyclic) bond motifs is 1. The summed E-state index contributed by atoms with van der Waals surface area (Å²) >= 11 is 1.76. The van der Waals surface area contributed by atoms with E-state index < -0.39 is 11.8 Å². The summed E-state index contributed by atoms with van der Waals surface area (Å²) < 4.78 is 5.90. The van der Waals surface area contributed by atoms with Crippen molar-refractivity contribution in [1.82, 2.24) is 25.1 Å². The molecule has 3 aliphatic heterocycles. The fourth-order valence-electron chi connectivity index (χ4n) is 5.38. The Labute approximate surface area is 210 Å². The van der Waals surface area contributed by atoms with Crippen molar-refractivity contribution in [2.75, 3.05) is 37.8 Å². The number of carbonyl (C=O) groups is 2. The fraction of sp³-hybridized carbons (Fsp3) is 0.640. The molecule has 4 atom stereocenters. The first kappa shape index (κ1) is 24.5. The first-order chi connectivity index (χ1) is 16.8. The van der Waals surface area contributed by atoms with Crippen LogP contribution in [-0.4, -0.2) is 92.4 Å². The quantitative estimate of drug-likeness (QED) is 0.515. The number of aliphatic hydroxyl groups excluding tert-OH is 1. The molecule has 9 nitrogen and oxygen atoms in total. The van der Waals surface area contributed by atoms with Gasteiger partial charge in [-0.15, -0.1) is 11.8 Å². The van der Waals surface area contributed by atoms with Crippen molar-refractivity contribution >= 4 is 34.7 Å². The van der Waals surface area contributed by atoms with Gasteiger partial charge in [-0.25, -0.2) is 4.98 Å². The van der Waals surface area contributed by atoms with Crippen LogP contribution in [0, 0.1) is 5.92 Å². The van der Waals surface area contributed by atoms with Crippen LogP contribution in [0.25, 0.3) is 11.0 Å². The minimum Gasteiger partial charge on any atom is -0.458 e. The lowest BCUT2D eigenvalue weighted by molar-refractivity contribution is -0.166. The lowest BCUT2D eigenvalue weighted by atomic mass is 9.93. The van der Waals surface area contributed by atoms with E-state index in [1.807, 2.05) is 47.9 Å². The zero-order valence-electron chi connectivity index (χ0n) is 20.4. The molecule has 3 N–H and O–H groups in total. The summed E-state index contributed by atoms with van der Waals surface area (Å²) in [7, 11) is 0. The largest absolute Gasteiger partial charge is 0.458 e. The Morgan fingerprint density at radius 1 is 1.26 bits per heavy atom. The van der Waals surface area contributed by atoms with E-state index in [9.17, 15) is 14.7 Å². The average molecular weight is 502 g/mol. The predicted molar refractivity (Wildman–Crippen MR) is 135 cm³/mol. The van der Waals surface area contributed by atoms with E-state index in [4.69, 9.17) is 9.72 Å². The first-order valence-corrected chi connectivity index (χ1v) is 13.6. The maximum atomic E-state index is 12.9. The van der Waals surface area contributed by atoms with Crippen LogP contribution in [0.2, 0.25) is 0 Å². The van der Waals surface area contributed by atoms with Crippen molar-refractivity contribution in [3.05, 3.63) is 30.1 Å². The van der Waals surface area contributed by atoms with Crippen LogP contribution in [-0.2, 0) is 14.3 Å². The number of H-pyrrole nitrogens is 1. The van der Waals surface area contributed by atoms with E-state index in [1.54, 1.807) is 11.8 Å². The van der Waals surface area contributed by atoms with Crippen LogP contribution >= 0.6 is 11.8 Å². The molecule has 2 unspecified atom stereocenters. The Kier molecular flexibility index (Phi) is 7.07. The normalized spacial score (nSPS) is 28.0. The predicted octanol–water partition coefficient (Wildman–Crippen LogP) is 1.89. The van der Waals surface area contributed by atoms with Crippen molar-refractivity contribution in [2.45, 2.75) is 56.9 Å². The van der Waals surface area contributed by atoms with E-state index in [-0.39, 0.29) is 29.8 Å². The number of nitrogens with zero attached hydrogens (tertiary/aromatic N) is 3. The molecule has 35 heavy (non-hydrogen) atoms. The number of ether oxygens (including phenoxy) is 1. The molecule has 0 spiro atoms. The number of aromatic nitrogens is 2. The number of thioether (sulfide) groups is 1. The number of imidazole rings is 1. The number of carbonyl (C=O) groups excluding carboxylic acids is 2. The monoisotopic (exact) mass is 501 g/mol. The molecule has 1 aromatic heterocycles. The number of likely N-dealkylation sites (tertiary alicyclic amines) is 1. The van der Waals surface area contributed by atoms with Gasteiger partial charge in [-0.2, -0.15) is 0 Å². The van der Waals surface area contributed by atoms with E-state index >= 15 is 0 Å². The number of rotatable bonds is 6. The zero-order chi connectivity index (χ0) is 24.6.